The van der Waals surface area contributed by atoms with E-state index in [1.54, 1.807) is 0 Å². The summed E-state index contributed by atoms with van der Waals surface area (Å²) in [5, 5.41) is 1.89. The Morgan fingerprint density at radius 2 is 1.07 bits per heavy atom. The van der Waals surface area contributed by atoms with Crippen LogP contribution in [-0.4, -0.2) is 49.0 Å². The van der Waals surface area contributed by atoms with Crippen LogP contribution < -0.4 is 0 Å². The van der Waals surface area contributed by atoms with Crippen molar-refractivity contribution in [1.29, 1.82) is 0 Å². The first kappa shape index (κ1) is 26.5. The van der Waals surface area contributed by atoms with Gasteiger partial charge < -0.3 is 0 Å². The van der Waals surface area contributed by atoms with Crippen LogP contribution in [0, 0.1) is 0 Å². The second kappa shape index (κ2) is 10.6. The van der Waals surface area contributed by atoms with Crippen molar-refractivity contribution in [3.63, 3.8) is 0 Å². The molecule has 10 heteroatoms. The van der Waals surface area contributed by atoms with Gasteiger partial charge in [0.05, 0.1) is 0 Å². The predicted molar refractivity (Wildman–Crippen MR) is 176 cm³/mol. The van der Waals surface area contributed by atoms with Gasteiger partial charge in [0.2, 0.25) is 0 Å². The first-order chi connectivity index (χ1) is 22.7. The molecule has 0 aliphatic carbocycles. The Balaban J connectivity index is 1.37. The Labute approximate surface area is 271 Å². The summed E-state index contributed by atoms with van der Waals surface area (Å²) in [5.74, 6) is 2.31. The minimum atomic E-state index is 0.573. The number of nitrogens with one attached hydrogen (secondary N) is 2. The Bertz CT molecular complexity index is 2570. The predicted octanol–water partition coefficient (Wildman–Crippen LogP) is 6.89. The van der Waals surface area contributed by atoms with Crippen molar-refractivity contribution in [2.24, 2.45) is 0 Å². The molecule has 212 valence electrons. The van der Waals surface area contributed by atoms with Gasteiger partial charge in [0.15, 0.2) is 0 Å². The van der Waals surface area contributed by atoms with Crippen molar-refractivity contribution >= 4 is 43.5 Å². The van der Waals surface area contributed by atoms with Crippen molar-refractivity contribution in [3.05, 3.63) is 121 Å². The number of nitrogens with zero attached hydrogens (tertiary/aromatic N) is 7. The van der Waals surface area contributed by atoms with Crippen LogP contribution in [0.25, 0.3) is 85.0 Å². The molecule has 7 aromatic rings. The zero-order valence-corrected chi connectivity index (χ0v) is 27.3. The van der Waals surface area contributed by atoms with Gasteiger partial charge in [-0.05, 0) is 0 Å². The van der Waals surface area contributed by atoms with E-state index in [4.69, 9.17) is 29.9 Å². The molecule has 0 atom stereocenters. The maximum atomic E-state index is 5.07. The molecule has 2 N–H and O–H groups in total. The van der Waals surface area contributed by atoms with Crippen molar-refractivity contribution in [2.45, 2.75) is 0 Å². The van der Waals surface area contributed by atoms with E-state index in [2.05, 4.69) is 27.1 Å². The number of H-pyrrole nitrogens is 2. The molecule has 0 amide bonds. The SMILES string of the molecule is [Zn]=[C](/C=C\c1cc2nc3nc(nc4[nH]c(nc5nc(nc1[nH]2)-c1ccccc1-5)c1ccccc41)-c1ccccc1-3)c1ccccn1. The fraction of sp³-hybridized carbons (Fsp3) is 0. The van der Waals surface area contributed by atoms with E-state index in [1.807, 2.05) is 103 Å². The fourth-order valence-electron chi connectivity index (χ4n) is 5.83. The molecule has 9 nitrogen and oxygen atoms in total. The van der Waals surface area contributed by atoms with E-state index in [-0.39, 0.29) is 0 Å². The zero-order valence-electron chi connectivity index (χ0n) is 24.3. The van der Waals surface area contributed by atoms with Gasteiger partial charge in [-0.2, -0.15) is 0 Å². The van der Waals surface area contributed by atoms with Crippen LogP contribution in [0.4, 0.5) is 0 Å². The summed E-state index contributed by atoms with van der Waals surface area (Å²) in [6.45, 7) is 0. The summed E-state index contributed by atoms with van der Waals surface area (Å²) in [5.41, 5.74) is 8.09. The van der Waals surface area contributed by atoms with E-state index in [9.17, 15) is 0 Å². The zero-order chi connectivity index (χ0) is 30.6. The number of fused-ring (bicyclic) bond motifs is 17. The molecule has 0 unspecified atom stereocenters. The summed E-state index contributed by atoms with van der Waals surface area (Å²) < 4.78 is 1.15. The molecule has 4 aromatic heterocycles. The van der Waals surface area contributed by atoms with E-state index < -0.39 is 0 Å². The van der Waals surface area contributed by atoms with Gasteiger partial charge in [-0.1, -0.05) is 24.3 Å². The van der Waals surface area contributed by atoms with E-state index in [0.29, 0.717) is 45.9 Å². The third-order valence-electron chi connectivity index (χ3n) is 8.07. The van der Waals surface area contributed by atoms with Crippen LogP contribution in [0.5, 0.6) is 0 Å². The van der Waals surface area contributed by atoms with Crippen molar-refractivity contribution < 1.29 is 17.9 Å². The monoisotopic (exact) mass is 643 g/mol. The Hall–Kier alpha value is -5.86. The summed E-state index contributed by atoms with van der Waals surface area (Å²) >= 11 is 0.951. The molecule has 2 aliphatic rings. The summed E-state index contributed by atoms with van der Waals surface area (Å²) in [6.07, 6.45) is 5.96. The van der Waals surface area contributed by atoms with Gasteiger partial charge in [-0.25, -0.2) is 0 Å². The molecule has 8 bridgehead atoms. The molecular weight excluding hydrogens is 624 g/mol. The van der Waals surface area contributed by atoms with Gasteiger partial charge in [0.25, 0.3) is 0 Å². The topological polar surface area (TPSA) is 122 Å². The van der Waals surface area contributed by atoms with Crippen LogP contribution in [-0.2, 0) is 17.9 Å². The Morgan fingerprint density at radius 1 is 0.543 bits per heavy atom. The van der Waals surface area contributed by atoms with Crippen LogP contribution in [0.3, 0.4) is 0 Å². The molecule has 6 heterocycles. The number of allylic oxidation sites excluding steroid dienone is 1. The van der Waals surface area contributed by atoms with Crippen molar-refractivity contribution in [2.75, 3.05) is 0 Å². The molecule has 0 radical (unpaired) electrons. The minimum absolute atomic E-state index is 0.573. The van der Waals surface area contributed by atoms with E-state index >= 15 is 0 Å². The molecule has 0 saturated carbocycles. The van der Waals surface area contributed by atoms with Gasteiger partial charge in [-0.15, -0.1) is 0 Å². The molecule has 0 fully saturated rings. The molecule has 0 spiro atoms. The number of pyridine rings is 1. The second-order valence-electron chi connectivity index (χ2n) is 11.0. The molecule has 2 aliphatic heterocycles. The van der Waals surface area contributed by atoms with Crippen molar-refractivity contribution in [1.82, 2.24) is 44.9 Å². The fourth-order valence-corrected chi connectivity index (χ4v) is 6.52. The van der Waals surface area contributed by atoms with E-state index in [1.165, 1.54) is 0 Å². The molecular formula is C36H21N9Zn. The van der Waals surface area contributed by atoms with Crippen LogP contribution in [0.15, 0.2) is 109 Å². The Morgan fingerprint density at radius 3 is 1.63 bits per heavy atom. The normalized spacial score (nSPS) is 12.0. The number of aromatic nitrogens is 9. The van der Waals surface area contributed by atoms with E-state index in [0.717, 1.165) is 66.2 Å². The first-order valence-corrected chi connectivity index (χ1v) is 16.3. The summed E-state index contributed by atoms with van der Waals surface area (Å²) in [7, 11) is 0. The molecule has 3 aromatic carbocycles. The maximum absolute atomic E-state index is 5.07. The Kier molecular flexibility index (Phi) is 6.14. The molecule has 46 heavy (non-hydrogen) atoms. The third kappa shape index (κ3) is 4.50. The first-order valence-electron chi connectivity index (χ1n) is 14.8. The number of aromatic amines is 2. The van der Waals surface area contributed by atoms with Gasteiger partial charge in [0.1, 0.15) is 0 Å². The van der Waals surface area contributed by atoms with Crippen LogP contribution in [0.2, 0.25) is 0 Å². The number of rotatable bonds is 3. The second-order valence-corrected chi connectivity index (χ2v) is 12.6. The summed E-state index contributed by atoms with van der Waals surface area (Å²) in [4.78, 5) is 41.4. The number of benzene rings is 3. The quantitative estimate of drug-likeness (QED) is 0.201. The average Bonchev–Trinajstić information content (AvgIpc) is 3.84. The van der Waals surface area contributed by atoms with Crippen LogP contribution in [0.1, 0.15) is 11.3 Å². The standard InChI is InChI=1S/C36H21N9.Zn/c1-2-14-24-23(13-1)31-39-29-20-21(10-9-12-22-11-7-8-19-37-22)30(38-29)40-32-25-15-3-4-16-26(25)34(42-32)44-36-28-18-6-5-17-27(28)35(45-36)43-33(24)41-31;/h1-11,13-20H,(H2,38,39,40,41,42,43,44,45);/b10-9-;. The van der Waals surface area contributed by atoms with Gasteiger partial charge in [0, 0.05) is 5.39 Å². The number of hydrogen-bond acceptors (Lipinski definition) is 7. The average molecular weight is 645 g/mol. The molecule has 9 rings (SSSR count). The third-order valence-corrected chi connectivity index (χ3v) is 9.32. The van der Waals surface area contributed by atoms with Crippen LogP contribution >= 0.6 is 0 Å². The number of hydrogen-bond donors (Lipinski definition) is 2. The van der Waals surface area contributed by atoms with Gasteiger partial charge >= 0.3 is 243 Å². The van der Waals surface area contributed by atoms with Gasteiger partial charge in [-0.3, -0.25) is 0 Å². The summed E-state index contributed by atoms with van der Waals surface area (Å²) in [6, 6.07) is 32.1. The molecule has 0 saturated heterocycles. The van der Waals surface area contributed by atoms with Crippen molar-refractivity contribution in [3.8, 4) is 45.6 Å².